The smallest absolute Gasteiger partial charge is 0.125 e. The van der Waals surface area contributed by atoms with Crippen LogP contribution >= 0.6 is 0 Å². The number of hydrogen-bond donors (Lipinski definition) is 2. The second kappa shape index (κ2) is 7.77. The molecule has 1 heterocycles. The van der Waals surface area contributed by atoms with Gasteiger partial charge in [0, 0.05) is 6.61 Å². The fraction of sp³-hybridized carbons (Fsp3) is 0.375. The predicted molar refractivity (Wildman–Crippen MR) is 75.9 cm³/mol. The highest BCUT2D eigenvalue weighted by molar-refractivity contribution is 5.26. The fourth-order valence-corrected chi connectivity index (χ4v) is 2.14. The second-order valence-corrected chi connectivity index (χ2v) is 4.60. The molecule has 102 valence electrons. The maximum Gasteiger partial charge on any atom is 0.125 e. The lowest BCUT2D eigenvalue weighted by Gasteiger charge is -2.17. The Morgan fingerprint density at radius 3 is 2.53 bits per heavy atom. The number of furan rings is 1. The highest BCUT2D eigenvalue weighted by atomic mass is 16.3. The van der Waals surface area contributed by atoms with Gasteiger partial charge in [-0.25, -0.2) is 0 Å². The molecular formula is C16H21NO2. The van der Waals surface area contributed by atoms with Crippen molar-refractivity contribution in [3.63, 3.8) is 0 Å². The van der Waals surface area contributed by atoms with Crippen molar-refractivity contribution in [3.8, 4) is 0 Å². The van der Waals surface area contributed by atoms with Crippen LogP contribution in [0.2, 0.25) is 0 Å². The van der Waals surface area contributed by atoms with Crippen molar-refractivity contribution in [2.24, 2.45) is 0 Å². The van der Waals surface area contributed by atoms with Crippen LogP contribution in [0.5, 0.6) is 0 Å². The summed E-state index contributed by atoms with van der Waals surface area (Å²) >= 11 is 0. The largest absolute Gasteiger partial charge is 0.467 e. The van der Waals surface area contributed by atoms with Gasteiger partial charge in [-0.15, -0.1) is 0 Å². The van der Waals surface area contributed by atoms with Gasteiger partial charge in [0.15, 0.2) is 0 Å². The monoisotopic (exact) mass is 259 g/mol. The molecule has 0 fully saturated rings. The van der Waals surface area contributed by atoms with E-state index < -0.39 is 0 Å². The third-order valence-electron chi connectivity index (χ3n) is 3.14. The first-order valence-electron chi connectivity index (χ1n) is 6.84. The van der Waals surface area contributed by atoms with E-state index in [2.05, 4.69) is 17.4 Å². The molecule has 3 nitrogen and oxygen atoms in total. The summed E-state index contributed by atoms with van der Waals surface area (Å²) in [5.41, 5.74) is 1.21. The average molecular weight is 259 g/mol. The van der Waals surface area contributed by atoms with Gasteiger partial charge in [-0.1, -0.05) is 30.3 Å². The Morgan fingerprint density at radius 2 is 1.84 bits per heavy atom. The van der Waals surface area contributed by atoms with Crippen LogP contribution in [0.15, 0.2) is 53.1 Å². The number of aliphatic hydroxyl groups excluding tert-OH is 1. The lowest BCUT2D eigenvalue weighted by atomic mass is 10.0. The Hall–Kier alpha value is -1.58. The molecule has 19 heavy (non-hydrogen) atoms. The Labute approximate surface area is 114 Å². The Balaban J connectivity index is 1.96. The molecule has 2 rings (SSSR count). The molecule has 1 atom stereocenters. The highest BCUT2D eigenvalue weighted by Crippen LogP contribution is 2.22. The van der Waals surface area contributed by atoms with Crippen molar-refractivity contribution < 1.29 is 9.52 Å². The first kappa shape index (κ1) is 13.8. The number of nitrogens with one attached hydrogen (secondary N) is 1. The van der Waals surface area contributed by atoms with E-state index in [0.717, 1.165) is 31.6 Å². The molecule has 0 aliphatic rings. The number of rotatable bonds is 8. The minimum absolute atomic E-state index is 0.102. The van der Waals surface area contributed by atoms with Crippen LogP contribution in [0.4, 0.5) is 0 Å². The maximum absolute atomic E-state index is 8.77. The van der Waals surface area contributed by atoms with Gasteiger partial charge in [0.05, 0.1) is 12.3 Å². The van der Waals surface area contributed by atoms with Crippen molar-refractivity contribution in [2.75, 3.05) is 13.2 Å². The van der Waals surface area contributed by atoms with Gasteiger partial charge >= 0.3 is 0 Å². The summed E-state index contributed by atoms with van der Waals surface area (Å²) in [5, 5.41) is 12.3. The van der Waals surface area contributed by atoms with Crippen LogP contribution in [0, 0.1) is 0 Å². The zero-order valence-corrected chi connectivity index (χ0v) is 11.1. The summed E-state index contributed by atoms with van der Waals surface area (Å²) in [5.74, 6) is 0.938. The van der Waals surface area contributed by atoms with Crippen LogP contribution in [0.1, 0.15) is 36.6 Å². The van der Waals surface area contributed by atoms with Crippen LogP contribution in [0.3, 0.4) is 0 Å². The zero-order valence-electron chi connectivity index (χ0n) is 11.1. The summed E-state index contributed by atoms with van der Waals surface area (Å²) in [6.07, 6.45) is 4.69. The standard InChI is InChI=1S/C16H21NO2/c18-12-6-2-5-11-17-16(15-10-7-13-19-15)14-8-3-1-4-9-14/h1,3-4,7-10,13,16-18H,2,5-6,11-12H2. The van der Waals surface area contributed by atoms with Crippen molar-refractivity contribution in [1.82, 2.24) is 5.32 Å². The van der Waals surface area contributed by atoms with Gasteiger partial charge < -0.3 is 14.8 Å². The van der Waals surface area contributed by atoms with Crippen LogP contribution < -0.4 is 5.32 Å². The summed E-state index contributed by atoms with van der Waals surface area (Å²) in [4.78, 5) is 0. The molecule has 0 bridgehead atoms. The SMILES string of the molecule is OCCCCCNC(c1ccccc1)c1ccco1. The minimum atomic E-state index is 0.102. The number of aliphatic hydroxyl groups is 1. The average Bonchev–Trinajstić information content (AvgIpc) is 2.98. The first-order chi connectivity index (χ1) is 9.42. The number of unbranched alkanes of at least 4 members (excludes halogenated alkanes) is 2. The fourth-order valence-electron chi connectivity index (χ4n) is 2.14. The van der Waals surface area contributed by atoms with E-state index in [-0.39, 0.29) is 12.6 Å². The van der Waals surface area contributed by atoms with Crippen molar-refractivity contribution in [1.29, 1.82) is 0 Å². The normalized spacial score (nSPS) is 12.5. The quantitative estimate of drug-likeness (QED) is 0.716. The lowest BCUT2D eigenvalue weighted by Crippen LogP contribution is -2.23. The second-order valence-electron chi connectivity index (χ2n) is 4.60. The molecule has 0 saturated carbocycles. The molecule has 0 amide bonds. The van der Waals surface area contributed by atoms with Crippen molar-refractivity contribution in [3.05, 3.63) is 60.1 Å². The molecule has 0 radical (unpaired) electrons. The molecular weight excluding hydrogens is 238 g/mol. The summed E-state index contributed by atoms with van der Waals surface area (Å²) in [6, 6.07) is 14.3. The highest BCUT2D eigenvalue weighted by Gasteiger charge is 2.15. The van der Waals surface area contributed by atoms with Crippen molar-refractivity contribution >= 4 is 0 Å². The van der Waals surface area contributed by atoms with Gasteiger partial charge in [0.2, 0.25) is 0 Å². The van der Waals surface area contributed by atoms with Gasteiger partial charge in [-0.3, -0.25) is 0 Å². The molecule has 0 aliphatic heterocycles. The molecule has 2 aromatic rings. The Bertz CT molecular complexity index is 439. The molecule has 3 heteroatoms. The summed E-state index contributed by atoms with van der Waals surface area (Å²) in [6.45, 7) is 1.19. The van der Waals surface area contributed by atoms with E-state index in [1.165, 1.54) is 5.56 Å². The summed E-state index contributed by atoms with van der Waals surface area (Å²) in [7, 11) is 0. The molecule has 1 aromatic heterocycles. The number of hydrogen-bond acceptors (Lipinski definition) is 3. The Morgan fingerprint density at radius 1 is 1.00 bits per heavy atom. The zero-order chi connectivity index (χ0) is 13.3. The molecule has 0 spiro atoms. The molecule has 1 unspecified atom stereocenters. The van der Waals surface area contributed by atoms with Crippen LogP contribution in [-0.2, 0) is 0 Å². The molecule has 2 N–H and O–H groups in total. The van der Waals surface area contributed by atoms with E-state index in [4.69, 9.17) is 9.52 Å². The van der Waals surface area contributed by atoms with Crippen LogP contribution in [0.25, 0.3) is 0 Å². The van der Waals surface area contributed by atoms with Gasteiger partial charge in [-0.05, 0) is 43.5 Å². The number of benzene rings is 1. The maximum atomic E-state index is 8.77. The van der Waals surface area contributed by atoms with E-state index in [9.17, 15) is 0 Å². The molecule has 1 aromatic carbocycles. The molecule has 0 saturated heterocycles. The van der Waals surface area contributed by atoms with E-state index in [1.54, 1.807) is 6.26 Å². The Kier molecular flexibility index (Phi) is 5.66. The molecule has 0 aliphatic carbocycles. The third kappa shape index (κ3) is 4.23. The van der Waals surface area contributed by atoms with E-state index in [0.29, 0.717) is 0 Å². The summed E-state index contributed by atoms with van der Waals surface area (Å²) < 4.78 is 5.53. The third-order valence-corrected chi connectivity index (χ3v) is 3.14. The van der Waals surface area contributed by atoms with Crippen LogP contribution in [-0.4, -0.2) is 18.3 Å². The van der Waals surface area contributed by atoms with Crippen molar-refractivity contribution in [2.45, 2.75) is 25.3 Å². The minimum Gasteiger partial charge on any atom is -0.467 e. The lowest BCUT2D eigenvalue weighted by molar-refractivity contribution is 0.282. The first-order valence-corrected chi connectivity index (χ1v) is 6.84. The predicted octanol–water partition coefficient (Wildman–Crippen LogP) is 3.12. The van der Waals surface area contributed by atoms with E-state index >= 15 is 0 Å². The van der Waals surface area contributed by atoms with Gasteiger partial charge in [0.25, 0.3) is 0 Å². The topological polar surface area (TPSA) is 45.4 Å². The van der Waals surface area contributed by atoms with Gasteiger partial charge in [0.1, 0.15) is 5.76 Å². The van der Waals surface area contributed by atoms with Gasteiger partial charge in [-0.2, -0.15) is 0 Å². The van der Waals surface area contributed by atoms with E-state index in [1.807, 2.05) is 30.3 Å².